The van der Waals surface area contributed by atoms with Gasteiger partial charge in [-0.3, -0.25) is 0 Å². The quantitative estimate of drug-likeness (QED) is 0.645. The Morgan fingerprint density at radius 1 is 1.10 bits per heavy atom. The molecule has 8 nitrogen and oxygen atoms in total. The van der Waals surface area contributed by atoms with E-state index in [4.69, 9.17) is 4.42 Å². The molecule has 8 heteroatoms. The van der Waals surface area contributed by atoms with E-state index in [1.165, 1.54) is 18.4 Å². The smallest absolute Gasteiger partial charge is 0.321 e. The number of carbonyl (C=O) groups excluding carboxylic acids is 1. The Morgan fingerprint density at radius 2 is 1.87 bits per heavy atom. The molecular formula is C23H28N6O2. The van der Waals surface area contributed by atoms with E-state index in [0.717, 1.165) is 23.5 Å². The minimum absolute atomic E-state index is 0.0743. The van der Waals surface area contributed by atoms with E-state index in [1.807, 2.05) is 29.2 Å². The normalized spacial score (nSPS) is 14.0. The van der Waals surface area contributed by atoms with Crippen LogP contribution in [0.5, 0.6) is 0 Å². The van der Waals surface area contributed by atoms with Crippen LogP contribution in [0.3, 0.4) is 0 Å². The lowest BCUT2D eigenvalue weighted by Gasteiger charge is -2.35. The van der Waals surface area contributed by atoms with Crippen LogP contribution in [0, 0.1) is 6.92 Å². The number of anilines is 2. The van der Waals surface area contributed by atoms with Gasteiger partial charge in [0.2, 0.25) is 5.89 Å². The number of benzene rings is 1. The summed E-state index contributed by atoms with van der Waals surface area (Å²) in [6.45, 7) is 6.54. The van der Waals surface area contributed by atoms with Gasteiger partial charge in [-0.05, 0) is 42.7 Å². The lowest BCUT2D eigenvalue weighted by atomic mass is 10.1. The molecular weight excluding hydrogens is 392 g/mol. The first kappa shape index (κ1) is 20.8. The molecule has 3 heterocycles. The zero-order valence-electron chi connectivity index (χ0n) is 18.0. The molecule has 1 N–H and O–H groups in total. The van der Waals surface area contributed by atoms with Crippen LogP contribution < -0.4 is 10.2 Å². The largest absolute Gasteiger partial charge is 0.421 e. The minimum Gasteiger partial charge on any atom is -0.421 e. The third kappa shape index (κ3) is 5.02. The van der Waals surface area contributed by atoms with E-state index in [-0.39, 0.29) is 6.03 Å². The molecule has 0 aliphatic carbocycles. The Kier molecular flexibility index (Phi) is 6.45. The van der Waals surface area contributed by atoms with Gasteiger partial charge in [-0.1, -0.05) is 25.5 Å². The van der Waals surface area contributed by atoms with E-state index < -0.39 is 0 Å². The number of unbranched alkanes of at least 4 members (excludes halogenated alkanes) is 1. The van der Waals surface area contributed by atoms with E-state index in [0.29, 0.717) is 38.0 Å². The minimum atomic E-state index is -0.0743. The Bertz CT molecular complexity index is 1010. The monoisotopic (exact) mass is 420 g/mol. The molecule has 3 aromatic rings. The average Bonchev–Trinajstić information content (AvgIpc) is 3.25. The van der Waals surface area contributed by atoms with Crippen molar-refractivity contribution in [1.29, 1.82) is 0 Å². The van der Waals surface area contributed by atoms with Crippen LogP contribution in [0.15, 0.2) is 47.0 Å². The number of aromatic nitrogens is 3. The molecule has 2 amide bonds. The molecule has 0 bridgehead atoms. The van der Waals surface area contributed by atoms with Crippen LogP contribution in [0.1, 0.15) is 31.2 Å². The number of piperazine rings is 1. The number of amides is 2. The summed E-state index contributed by atoms with van der Waals surface area (Å²) < 4.78 is 5.59. The molecule has 4 rings (SSSR count). The van der Waals surface area contributed by atoms with Crippen LogP contribution in [-0.4, -0.2) is 52.3 Å². The SMILES string of the molecule is CCCCc1ccc(NC(=O)N2CCN(c3ncccc3-c3nnc(C)o3)CC2)cc1. The summed E-state index contributed by atoms with van der Waals surface area (Å²) in [5.74, 6) is 1.78. The van der Waals surface area contributed by atoms with Crippen molar-refractivity contribution in [2.75, 3.05) is 36.4 Å². The molecule has 1 aliphatic rings. The first-order valence-corrected chi connectivity index (χ1v) is 10.8. The van der Waals surface area contributed by atoms with Gasteiger partial charge in [-0.2, -0.15) is 0 Å². The number of urea groups is 1. The summed E-state index contributed by atoms with van der Waals surface area (Å²) in [6.07, 6.45) is 5.19. The molecule has 1 saturated heterocycles. The second-order valence-corrected chi connectivity index (χ2v) is 7.71. The van der Waals surface area contributed by atoms with Gasteiger partial charge in [0.05, 0.1) is 5.56 Å². The number of carbonyl (C=O) groups is 1. The summed E-state index contributed by atoms with van der Waals surface area (Å²) >= 11 is 0. The second-order valence-electron chi connectivity index (χ2n) is 7.71. The first-order valence-electron chi connectivity index (χ1n) is 10.8. The topological polar surface area (TPSA) is 87.4 Å². The molecule has 0 radical (unpaired) electrons. The number of hydrogen-bond donors (Lipinski definition) is 1. The van der Waals surface area contributed by atoms with Crippen molar-refractivity contribution in [2.45, 2.75) is 33.1 Å². The molecule has 1 aliphatic heterocycles. The Balaban J connectivity index is 1.35. The molecule has 1 aromatic carbocycles. The molecule has 162 valence electrons. The van der Waals surface area contributed by atoms with Crippen molar-refractivity contribution < 1.29 is 9.21 Å². The van der Waals surface area contributed by atoms with Crippen molar-refractivity contribution >= 4 is 17.5 Å². The molecule has 0 unspecified atom stereocenters. The Hall–Kier alpha value is -3.42. The van der Waals surface area contributed by atoms with Crippen LogP contribution >= 0.6 is 0 Å². The van der Waals surface area contributed by atoms with Gasteiger partial charge in [-0.25, -0.2) is 9.78 Å². The highest BCUT2D eigenvalue weighted by atomic mass is 16.4. The van der Waals surface area contributed by atoms with Crippen LogP contribution in [-0.2, 0) is 6.42 Å². The van der Waals surface area contributed by atoms with Crippen molar-refractivity contribution in [3.8, 4) is 11.5 Å². The number of hydrogen-bond acceptors (Lipinski definition) is 6. The van der Waals surface area contributed by atoms with Crippen molar-refractivity contribution in [2.24, 2.45) is 0 Å². The van der Waals surface area contributed by atoms with Crippen LogP contribution in [0.2, 0.25) is 0 Å². The second kappa shape index (κ2) is 9.59. The fourth-order valence-electron chi connectivity index (χ4n) is 3.68. The van der Waals surface area contributed by atoms with Gasteiger partial charge < -0.3 is 19.5 Å². The molecule has 2 aromatic heterocycles. The third-order valence-corrected chi connectivity index (χ3v) is 5.43. The highest BCUT2D eigenvalue weighted by Gasteiger charge is 2.25. The predicted molar refractivity (Wildman–Crippen MR) is 120 cm³/mol. The average molecular weight is 421 g/mol. The molecule has 0 spiro atoms. The van der Waals surface area contributed by atoms with Crippen molar-refractivity contribution in [1.82, 2.24) is 20.1 Å². The maximum Gasteiger partial charge on any atom is 0.321 e. The van der Waals surface area contributed by atoms with Gasteiger partial charge in [0, 0.05) is 45.0 Å². The number of nitrogens with one attached hydrogen (secondary N) is 1. The summed E-state index contributed by atoms with van der Waals surface area (Å²) in [7, 11) is 0. The van der Waals surface area contributed by atoms with Gasteiger partial charge >= 0.3 is 6.03 Å². The van der Waals surface area contributed by atoms with Crippen LogP contribution in [0.25, 0.3) is 11.5 Å². The fourth-order valence-corrected chi connectivity index (χ4v) is 3.68. The zero-order chi connectivity index (χ0) is 21.6. The van der Waals surface area contributed by atoms with E-state index in [9.17, 15) is 4.79 Å². The van der Waals surface area contributed by atoms with Gasteiger partial charge in [0.25, 0.3) is 5.89 Å². The summed E-state index contributed by atoms with van der Waals surface area (Å²) in [6, 6.07) is 11.8. The van der Waals surface area contributed by atoms with Gasteiger partial charge in [0.15, 0.2) is 0 Å². The maximum absolute atomic E-state index is 12.7. The van der Waals surface area contributed by atoms with E-state index in [2.05, 4.69) is 44.5 Å². The summed E-state index contributed by atoms with van der Waals surface area (Å²) in [5, 5.41) is 11.1. The summed E-state index contributed by atoms with van der Waals surface area (Å²) in [5.41, 5.74) is 2.94. The molecule has 0 saturated carbocycles. The third-order valence-electron chi connectivity index (χ3n) is 5.43. The Labute approximate surface area is 182 Å². The van der Waals surface area contributed by atoms with E-state index in [1.54, 1.807) is 13.1 Å². The lowest BCUT2D eigenvalue weighted by molar-refractivity contribution is 0.208. The van der Waals surface area contributed by atoms with Crippen molar-refractivity contribution in [3.05, 3.63) is 54.0 Å². The number of pyridine rings is 1. The lowest BCUT2D eigenvalue weighted by Crippen LogP contribution is -2.50. The molecule has 31 heavy (non-hydrogen) atoms. The predicted octanol–water partition coefficient (Wildman–Crippen LogP) is 4.14. The highest BCUT2D eigenvalue weighted by Crippen LogP contribution is 2.28. The standard InChI is InChI=1S/C23H28N6O2/c1-3-4-6-18-8-10-19(11-9-18)25-23(30)29-15-13-28(14-16-29)21-20(7-5-12-24-21)22-27-26-17(2)31-22/h5,7-12H,3-4,6,13-16H2,1-2H3,(H,25,30). The number of aryl methyl sites for hydroxylation is 2. The maximum atomic E-state index is 12.7. The molecule has 0 atom stereocenters. The number of rotatable bonds is 6. The Morgan fingerprint density at radius 3 is 2.55 bits per heavy atom. The molecule has 1 fully saturated rings. The summed E-state index contributed by atoms with van der Waals surface area (Å²) in [4.78, 5) is 21.2. The number of nitrogens with zero attached hydrogens (tertiary/aromatic N) is 5. The first-order chi connectivity index (χ1) is 15.1. The van der Waals surface area contributed by atoms with Gasteiger partial charge in [-0.15, -0.1) is 10.2 Å². The highest BCUT2D eigenvalue weighted by molar-refractivity contribution is 5.89. The van der Waals surface area contributed by atoms with Crippen LogP contribution in [0.4, 0.5) is 16.3 Å². The van der Waals surface area contributed by atoms with E-state index >= 15 is 0 Å². The van der Waals surface area contributed by atoms with Crippen molar-refractivity contribution in [3.63, 3.8) is 0 Å². The van der Waals surface area contributed by atoms with Gasteiger partial charge in [0.1, 0.15) is 5.82 Å². The zero-order valence-corrected chi connectivity index (χ0v) is 18.0. The fraction of sp³-hybridized carbons (Fsp3) is 0.391.